The van der Waals surface area contributed by atoms with Crippen LogP contribution < -0.4 is 0 Å². The zero-order valence-electron chi connectivity index (χ0n) is 22.5. The van der Waals surface area contributed by atoms with E-state index in [4.69, 9.17) is 4.74 Å². The number of cyclic esters (lactones) is 1. The fraction of sp³-hybridized carbons (Fsp3) is 0.750. The van der Waals surface area contributed by atoms with Crippen molar-refractivity contribution < 1.29 is 24.2 Å². The molecule has 7 nitrogen and oxygen atoms in total. The maximum Gasteiger partial charge on any atom is 0.311 e. The maximum atomic E-state index is 14.5. The van der Waals surface area contributed by atoms with Crippen LogP contribution in [0, 0.1) is 17.3 Å². The first-order valence-electron chi connectivity index (χ1n) is 13.3. The van der Waals surface area contributed by atoms with Gasteiger partial charge in [-0.05, 0) is 44.9 Å². The maximum absolute atomic E-state index is 14.5. The molecule has 0 radical (unpaired) electrons. The van der Waals surface area contributed by atoms with E-state index in [1.807, 2.05) is 30.1 Å². The molecule has 0 aliphatic carbocycles. The van der Waals surface area contributed by atoms with Crippen molar-refractivity contribution in [1.82, 2.24) is 9.80 Å². The first-order chi connectivity index (χ1) is 16.9. The molecule has 2 fully saturated rings. The number of nitrogens with zero attached hydrogens (tertiary/aromatic N) is 2. The van der Waals surface area contributed by atoms with Crippen molar-refractivity contribution in [3.05, 3.63) is 24.3 Å². The van der Waals surface area contributed by atoms with Crippen molar-refractivity contribution in [3.8, 4) is 0 Å². The van der Waals surface area contributed by atoms with Crippen LogP contribution in [0.1, 0.15) is 67.2 Å². The summed E-state index contributed by atoms with van der Waals surface area (Å²) in [6, 6.07) is -1.28. The van der Waals surface area contributed by atoms with Crippen LogP contribution in [0.3, 0.4) is 0 Å². The van der Waals surface area contributed by atoms with Gasteiger partial charge in [0.2, 0.25) is 11.8 Å². The number of ether oxygens (including phenoxy) is 1. The van der Waals surface area contributed by atoms with E-state index in [1.165, 1.54) is 0 Å². The molecule has 4 heterocycles. The second-order valence-corrected chi connectivity index (χ2v) is 14.0. The topological polar surface area (TPSA) is 87.2 Å². The number of fused-ring (bicyclic) bond motifs is 2. The molecule has 1 spiro atoms. The van der Waals surface area contributed by atoms with Gasteiger partial charge in [-0.3, -0.25) is 14.4 Å². The Morgan fingerprint density at radius 3 is 2.53 bits per heavy atom. The van der Waals surface area contributed by atoms with Crippen molar-refractivity contribution in [2.45, 2.75) is 94.8 Å². The highest BCUT2D eigenvalue weighted by Crippen LogP contribution is 2.61. The summed E-state index contributed by atoms with van der Waals surface area (Å²) in [6.07, 6.45) is 11.0. The standard InChI is InChI=1S/C28H42N2O5S/c1-7-18(16-31)30-22-24(33)29(27(5,6)17-26(2,3)4)14-11-13-28(22)21(23(30)32)20-19(36-28)12-9-8-10-15-35-25(20)34/h9,11-13,18-22,31H,7-8,10,14-17H2,1-6H3/b12-9-/t18-,19-,20+,21-,22?,28-/m0/s1. The zero-order valence-corrected chi connectivity index (χ0v) is 23.3. The van der Waals surface area contributed by atoms with Gasteiger partial charge in [-0.2, -0.15) is 0 Å². The molecule has 4 aliphatic rings. The number of aliphatic hydroxyl groups excluding tert-OH is 1. The number of rotatable bonds is 5. The Hall–Kier alpha value is -1.80. The Labute approximate surface area is 219 Å². The highest BCUT2D eigenvalue weighted by atomic mass is 32.2. The number of carbonyl (C=O) groups excluding carboxylic acids is 3. The highest BCUT2D eigenvalue weighted by molar-refractivity contribution is 8.02. The highest BCUT2D eigenvalue weighted by Gasteiger charge is 2.72. The average molecular weight is 519 g/mol. The van der Waals surface area contributed by atoms with E-state index >= 15 is 0 Å². The number of hydrogen-bond donors (Lipinski definition) is 1. The number of esters is 1. The van der Waals surface area contributed by atoms with Crippen LogP contribution in [-0.4, -0.2) is 80.1 Å². The summed E-state index contributed by atoms with van der Waals surface area (Å²) in [4.78, 5) is 45.6. The minimum atomic E-state index is -0.888. The molecule has 1 unspecified atom stereocenters. The van der Waals surface area contributed by atoms with Gasteiger partial charge in [-0.1, -0.05) is 52.0 Å². The molecule has 6 atom stereocenters. The third kappa shape index (κ3) is 4.53. The lowest BCUT2D eigenvalue weighted by Crippen LogP contribution is -2.60. The summed E-state index contributed by atoms with van der Waals surface area (Å²) < 4.78 is 4.73. The lowest BCUT2D eigenvalue weighted by atomic mass is 9.78. The summed E-state index contributed by atoms with van der Waals surface area (Å²) in [7, 11) is 0. The largest absolute Gasteiger partial charge is 0.465 e. The van der Waals surface area contributed by atoms with Crippen molar-refractivity contribution in [2.24, 2.45) is 17.3 Å². The Bertz CT molecular complexity index is 950. The molecule has 4 aliphatic heterocycles. The summed E-state index contributed by atoms with van der Waals surface area (Å²) in [5, 5.41) is 10.0. The van der Waals surface area contributed by atoms with Crippen molar-refractivity contribution in [3.63, 3.8) is 0 Å². The second kappa shape index (κ2) is 9.82. The predicted octanol–water partition coefficient (Wildman–Crippen LogP) is 3.56. The van der Waals surface area contributed by atoms with E-state index in [1.54, 1.807) is 16.7 Å². The van der Waals surface area contributed by atoms with Crippen LogP contribution in [0.4, 0.5) is 0 Å². The molecule has 0 aromatic carbocycles. The Morgan fingerprint density at radius 2 is 1.89 bits per heavy atom. The lowest BCUT2D eigenvalue weighted by Gasteiger charge is -2.45. The van der Waals surface area contributed by atoms with E-state index in [-0.39, 0.29) is 35.1 Å². The summed E-state index contributed by atoms with van der Waals surface area (Å²) in [5.74, 6) is -2.05. The van der Waals surface area contributed by atoms with Crippen LogP contribution in [-0.2, 0) is 19.1 Å². The normalized spacial score (nSPS) is 34.7. The molecule has 0 bridgehead atoms. The number of aliphatic hydroxyl groups is 1. The summed E-state index contributed by atoms with van der Waals surface area (Å²) >= 11 is 1.55. The fourth-order valence-electron chi connectivity index (χ4n) is 6.94. The SMILES string of the molecule is CC[C@@H](CO)N1C(=O)[C@@H]2[C@@H]3C(=O)OCCC/C=C\[C@@H]3S[C@@]23C=CCN(C(C)(C)CC(C)(C)C)C(=O)C13. The number of hydrogen-bond acceptors (Lipinski definition) is 6. The average Bonchev–Trinajstić information content (AvgIpc) is 3.18. The van der Waals surface area contributed by atoms with Crippen molar-refractivity contribution >= 4 is 29.5 Å². The second-order valence-electron chi connectivity index (χ2n) is 12.5. The van der Waals surface area contributed by atoms with E-state index in [9.17, 15) is 19.5 Å². The Balaban J connectivity index is 1.84. The number of likely N-dealkylation sites (tertiary alicyclic amines) is 1. The molecule has 8 heteroatoms. The van der Waals surface area contributed by atoms with Gasteiger partial charge in [0, 0.05) is 17.3 Å². The van der Waals surface area contributed by atoms with Gasteiger partial charge >= 0.3 is 5.97 Å². The molecule has 0 aromatic heterocycles. The number of thioether (sulfide) groups is 1. The molecule has 0 aromatic rings. The lowest BCUT2D eigenvalue weighted by molar-refractivity contribution is -0.154. The fourth-order valence-corrected chi connectivity index (χ4v) is 8.93. The van der Waals surface area contributed by atoms with Crippen LogP contribution in [0.15, 0.2) is 24.3 Å². The van der Waals surface area contributed by atoms with E-state index in [2.05, 4.69) is 40.7 Å². The van der Waals surface area contributed by atoms with E-state index in [0.29, 0.717) is 19.6 Å². The smallest absolute Gasteiger partial charge is 0.311 e. The minimum absolute atomic E-state index is 0.00285. The van der Waals surface area contributed by atoms with Gasteiger partial charge in [0.15, 0.2) is 0 Å². The van der Waals surface area contributed by atoms with Crippen LogP contribution in [0.25, 0.3) is 0 Å². The molecule has 2 amide bonds. The number of allylic oxidation sites excluding steroid dienone is 1. The van der Waals surface area contributed by atoms with E-state index < -0.39 is 34.2 Å². The van der Waals surface area contributed by atoms with E-state index in [0.717, 1.165) is 19.3 Å². The molecule has 36 heavy (non-hydrogen) atoms. The summed E-state index contributed by atoms with van der Waals surface area (Å²) in [6.45, 7) is 13.1. The van der Waals surface area contributed by atoms with Crippen LogP contribution >= 0.6 is 11.8 Å². The first kappa shape index (κ1) is 27.2. The molecule has 1 N–H and O–H groups in total. The third-order valence-electron chi connectivity index (χ3n) is 8.06. The van der Waals surface area contributed by atoms with Gasteiger partial charge < -0.3 is 19.6 Å². The number of carbonyl (C=O) groups is 3. The molecule has 0 saturated carbocycles. The van der Waals surface area contributed by atoms with Crippen LogP contribution in [0.2, 0.25) is 0 Å². The van der Waals surface area contributed by atoms with Gasteiger partial charge in [-0.15, -0.1) is 11.8 Å². The third-order valence-corrected chi connectivity index (χ3v) is 9.80. The summed E-state index contributed by atoms with van der Waals surface area (Å²) in [5.41, 5.74) is -0.441. The minimum Gasteiger partial charge on any atom is -0.465 e. The van der Waals surface area contributed by atoms with Crippen molar-refractivity contribution in [2.75, 3.05) is 19.8 Å². The Morgan fingerprint density at radius 1 is 1.17 bits per heavy atom. The molecule has 2 saturated heterocycles. The molecule has 200 valence electrons. The van der Waals surface area contributed by atoms with Crippen molar-refractivity contribution in [1.29, 1.82) is 0 Å². The molecule has 4 rings (SSSR count). The van der Waals surface area contributed by atoms with Gasteiger partial charge in [0.05, 0.1) is 35.8 Å². The van der Waals surface area contributed by atoms with Gasteiger partial charge in [0.1, 0.15) is 6.04 Å². The van der Waals surface area contributed by atoms with Crippen LogP contribution in [0.5, 0.6) is 0 Å². The van der Waals surface area contributed by atoms with Gasteiger partial charge in [0.25, 0.3) is 0 Å². The monoisotopic (exact) mass is 518 g/mol. The molecular weight excluding hydrogens is 476 g/mol. The predicted molar refractivity (Wildman–Crippen MR) is 141 cm³/mol. The first-order valence-corrected chi connectivity index (χ1v) is 14.2. The van der Waals surface area contributed by atoms with Gasteiger partial charge in [-0.25, -0.2) is 0 Å². The molecular formula is C28H42N2O5S. The Kier molecular flexibility index (Phi) is 7.43. The quantitative estimate of drug-likeness (QED) is 0.442. The number of amides is 2. The zero-order chi connectivity index (χ0) is 26.5.